The zero-order valence-corrected chi connectivity index (χ0v) is 10.2. The van der Waals surface area contributed by atoms with Crippen molar-refractivity contribution in [3.8, 4) is 0 Å². The molecule has 1 aliphatic rings. The second-order valence-corrected chi connectivity index (χ2v) is 4.53. The summed E-state index contributed by atoms with van der Waals surface area (Å²) in [7, 11) is 0. The van der Waals surface area contributed by atoms with E-state index in [1.165, 1.54) is 25.7 Å². The molecule has 4 nitrogen and oxygen atoms in total. The number of ether oxygens (including phenoxy) is 1. The van der Waals surface area contributed by atoms with Gasteiger partial charge in [0.2, 0.25) is 5.91 Å². The van der Waals surface area contributed by atoms with Gasteiger partial charge in [-0.15, -0.1) is 0 Å². The minimum Gasteiger partial charge on any atom is -0.381 e. The average Bonchev–Trinajstić information content (AvgIpc) is 2.75. The lowest BCUT2D eigenvalue weighted by molar-refractivity contribution is -0.120. The van der Waals surface area contributed by atoms with E-state index >= 15 is 0 Å². The molecule has 1 fully saturated rings. The largest absolute Gasteiger partial charge is 0.381 e. The summed E-state index contributed by atoms with van der Waals surface area (Å²) < 4.78 is 5.60. The van der Waals surface area contributed by atoms with Gasteiger partial charge in [-0.25, -0.2) is 0 Å². The van der Waals surface area contributed by atoms with Crippen LogP contribution in [0.3, 0.4) is 0 Å². The molecule has 0 aliphatic heterocycles. The molecule has 0 radical (unpaired) electrons. The normalized spacial score (nSPS) is 18.8. The summed E-state index contributed by atoms with van der Waals surface area (Å²) in [5.41, 5.74) is 5.27. The van der Waals surface area contributed by atoms with Gasteiger partial charge in [-0.2, -0.15) is 0 Å². The van der Waals surface area contributed by atoms with Crippen molar-refractivity contribution in [1.82, 2.24) is 5.32 Å². The number of likely N-dealkylation sites (N-methyl/N-ethyl adjacent to an activating group) is 1. The van der Waals surface area contributed by atoms with Crippen LogP contribution < -0.4 is 11.1 Å². The number of amides is 1. The van der Waals surface area contributed by atoms with E-state index in [-0.39, 0.29) is 11.9 Å². The average molecular weight is 228 g/mol. The van der Waals surface area contributed by atoms with Crippen LogP contribution in [-0.2, 0) is 9.53 Å². The van der Waals surface area contributed by atoms with Crippen molar-refractivity contribution in [2.45, 2.75) is 45.1 Å². The highest BCUT2D eigenvalue weighted by atomic mass is 16.5. The van der Waals surface area contributed by atoms with Gasteiger partial charge in [-0.1, -0.05) is 19.8 Å². The molecule has 1 saturated carbocycles. The fourth-order valence-electron chi connectivity index (χ4n) is 2.22. The molecule has 1 atom stereocenters. The maximum Gasteiger partial charge on any atom is 0.234 e. The quantitative estimate of drug-likeness (QED) is 0.610. The van der Waals surface area contributed by atoms with Crippen LogP contribution in [0.15, 0.2) is 0 Å². The third kappa shape index (κ3) is 4.94. The van der Waals surface area contributed by atoms with E-state index in [4.69, 9.17) is 10.5 Å². The maximum atomic E-state index is 11.0. The monoisotopic (exact) mass is 228 g/mol. The Hall–Kier alpha value is -0.610. The van der Waals surface area contributed by atoms with Gasteiger partial charge in [0.25, 0.3) is 0 Å². The number of hydrogen-bond acceptors (Lipinski definition) is 3. The summed E-state index contributed by atoms with van der Waals surface area (Å²) in [6.07, 6.45) is 5.96. The summed E-state index contributed by atoms with van der Waals surface area (Å²) in [4.78, 5) is 11.0. The zero-order valence-electron chi connectivity index (χ0n) is 10.2. The number of carbonyl (C=O) groups excluding carboxylic acids is 1. The van der Waals surface area contributed by atoms with Gasteiger partial charge in [0.05, 0.1) is 6.04 Å². The second kappa shape index (κ2) is 7.63. The van der Waals surface area contributed by atoms with Crippen LogP contribution in [0.25, 0.3) is 0 Å². The summed E-state index contributed by atoms with van der Waals surface area (Å²) >= 11 is 0. The molecule has 1 aliphatic carbocycles. The molecule has 0 bridgehead atoms. The molecule has 0 saturated heterocycles. The van der Waals surface area contributed by atoms with Crippen LogP contribution in [0.4, 0.5) is 0 Å². The molecule has 1 amide bonds. The van der Waals surface area contributed by atoms with Crippen LogP contribution in [0, 0.1) is 5.92 Å². The zero-order chi connectivity index (χ0) is 11.8. The summed E-state index contributed by atoms with van der Waals surface area (Å²) in [6.45, 7) is 4.19. The SMILES string of the molecule is CCNC(CCOCC1CCCC1)C(N)=O. The second-order valence-electron chi connectivity index (χ2n) is 4.53. The van der Waals surface area contributed by atoms with Crippen molar-refractivity contribution in [2.75, 3.05) is 19.8 Å². The fraction of sp³-hybridized carbons (Fsp3) is 0.917. The molecule has 1 unspecified atom stereocenters. The van der Waals surface area contributed by atoms with Gasteiger partial charge < -0.3 is 15.8 Å². The van der Waals surface area contributed by atoms with Crippen molar-refractivity contribution < 1.29 is 9.53 Å². The first-order valence-corrected chi connectivity index (χ1v) is 6.34. The fourth-order valence-corrected chi connectivity index (χ4v) is 2.22. The van der Waals surface area contributed by atoms with Gasteiger partial charge >= 0.3 is 0 Å². The smallest absolute Gasteiger partial charge is 0.234 e. The lowest BCUT2D eigenvalue weighted by Gasteiger charge is -2.15. The molecule has 4 heteroatoms. The highest BCUT2D eigenvalue weighted by Gasteiger charge is 2.16. The highest BCUT2D eigenvalue weighted by molar-refractivity contribution is 5.79. The minimum absolute atomic E-state index is 0.242. The topological polar surface area (TPSA) is 64.3 Å². The van der Waals surface area contributed by atoms with Crippen LogP contribution in [0.5, 0.6) is 0 Å². The van der Waals surface area contributed by atoms with Crippen LogP contribution in [-0.4, -0.2) is 31.7 Å². The molecule has 0 spiro atoms. The third-order valence-electron chi connectivity index (χ3n) is 3.17. The van der Waals surface area contributed by atoms with E-state index in [0.717, 1.165) is 19.1 Å². The van der Waals surface area contributed by atoms with Gasteiger partial charge in [-0.3, -0.25) is 4.79 Å². The Morgan fingerprint density at radius 3 is 2.75 bits per heavy atom. The summed E-state index contributed by atoms with van der Waals surface area (Å²) in [5.74, 6) is 0.456. The number of hydrogen-bond donors (Lipinski definition) is 2. The molecule has 16 heavy (non-hydrogen) atoms. The Kier molecular flexibility index (Phi) is 6.42. The maximum absolute atomic E-state index is 11.0. The molecule has 0 aromatic rings. The van der Waals surface area contributed by atoms with Crippen molar-refractivity contribution in [3.63, 3.8) is 0 Å². The first kappa shape index (κ1) is 13.5. The summed E-state index contributed by atoms with van der Waals surface area (Å²) in [6, 6.07) is -0.242. The minimum atomic E-state index is -0.286. The Balaban J connectivity index is 2.05. The Morgan fingerprint density at radius 2 is 2.19 bits per heavy atom. The Morgan fingerprint density at radius 1 is 1.50 bits per heavy atom. The van der Waals surface area contributed by atoms with E-state index in [1.807, 2.05) is 6.92 Å². The molecule has 3 N–H and O–H groups in total. The molecule has 94 valence electrons. The number of nitrogens with one attached hydrogen (secondary N) is 1. The number of nitrogens with two attached hydrogens (primary N) is 1. The number of carbonyl (C=O) groups is 1. The van der Waals surface area contributed by atoms with Crippen molar-refractivity contribution in [1.29, 1.82) is 0 Å². The molecule has 0 aromatic carbocycles. The van der Waals surface area contributed by atoms with E-state index in [1.54, 1.807) is 0 Å². The van der Waals surface area contributed by atoms with E-state index < -0.39 is 0 Å². The van der Waals surface area contributed by atoms with Crippen molar-refractivity contribution in [3.05, 3.63) is 0 Å². The van der Waals surface area contributed by atoms with Crippen molar-refractivity contribution in [2.24, 2.45) is 11.7 Å². The van der Waals surface area contributed by atoms with Gasteiger partial charge in [0.15, 0.2) is 0 Å². The lowest BCUT2D eigenvalue weighted by Crippen LogP contribution is -2.41. The molecule has 0 aromatic heterocycles. The van der Waals surface area contributed by atoms with Crippen LogP contribution in [0.2, 0.25) is 0 Å². The standard InChI is InChI=1S/C12H24N2O2/c1-2-14-11(12(13)15)7-8-16-9-10-5-3-4-6-10/h10-11,14H,2-9H2,1H3,(H2,13,15). The molecular weight excluding hydrogens is 204 g/mol. The third-order valence-corrected chi connectivity index (χ3v) is 3.17. The van der Waals surface area contributed by atoms with Crippen LogP contribution in [0.1, 0.15) is 39.0 Å². The van der Waals surface area contributed by atoms with E-state index in [9.17, 15) is 4.79 Å². The first-order valence-electron chi connectivity index (χ1n) is 6.34. The van der Waals surface area contributed by atoms with Gasteiger partial charge in [0, 0.05) is 13.2 Å². The molecule has 1 rings (SSSR count). The van der Waals surface area contributed by atoms with E-state index in [0.29, 0.717) is 13.0 Å². The first-order chi connectivity index (χ1) is 7.74. The Bertz CT molecular complexity index is 203. The molecule has 0 heterocycles. The van der Waals surface area contributed by atoms with Crippen molar-refractivity contribution >= 4 is 5.91 Å². The number of primary amides is 1. The van der Waals surface area contributed by atoms with E-state index in [2.05, 4.69) is 5.32 Å². The number of rotatable bonds is 8. The highest BCUT2D eigenvalue weighted by Crippen LogP contribution is 2.24. The predicted octanol–water partition coefficient (Wildman–Crippen LogP) is 1.05. The molecular formula is C12H24N2O2. The predicted molar refractivity (Wildman–Crippen MR) is 64.1 cm³/mol. The van der Waals surface area contributed by atoms with Gasteiger partial charge in [-0.05, 0) is 31.7 Å². The van der Waals surface area contributed by atoms with Gasteiger partial charge in [0.1, 0.15) is 0 Å². The Labute approximate surface area is 97.9 Å². The lowest BCUT2D eigenvalue weighted by atomic mass is 10.1. The summed E-state index contributed by atoms with van der Waals surface area (Å²) in [5, 5.41) is 3.06. The van der Waals surface area contributed by atoms with Crippen LogP contribution >= 0.6 is 0 Å².